The van der Waals surface area contributed by atoms with Gasteiger partial charge in [-0.2, -0.15) is 0 Å². The van der Waals surface area contributed by atoms with Gasteiger partial charge in [-0.3, -0.25) is 4.79 Å². The van der Waals surface area contributed by atoms with E-state index >= 15 is 0 Å². The predicted molar refractivity (Wildman–Crippen MR) is 65.6 cm³/mol. The van der Waals surface area contributed by atoms with Gasteiger partial charge in [-0.15, -0.1) is 0 Å². The van der Waals surface area contributed by atoms with Crippen molar-refractivity contribution < 1.29 is 24.2 Å². The molecule has 0 radical (unpaired) electrons. The highest BCUT2D eigenvalue weighted by atomic mass is 16.5. The number of likely N-dealkylation sites (N-methyl/N-ethyl adjacent to an activating group) is 1. The van der Waals surface area contributed by atoms with Gasteiger partial charge < -0.3 is 25.4 Å². The summed E-state index contributed by atoms with van der Waals surface area (Å²) in [6.07, 6.45) is -0.0816. The monoisotopic (exact) mass is 273 g/mol. The molecule has 8 nitrogen and oxygen atoms in total. The van der Waals surface area contributed by atoms with Gasteiger partial charge in [-0.05, 0) is 6.42 Å². The van der Waals surface area contributed by atoms with Gasteiger partial charge in [0.05, 0.1) is 6.54 Å². The molecule has 3 amide bonds. The van der Waals surface area contributed by atoms with Crippen molar-refractivity contribution in [2.75, 3.05) is 27.2 Å². The molecule has 1 heterocycles. The second-order valence-electron chi connectivity index (χ2n) is 4.43. The maximum absolute atomic E-state index is 11.6. The third-order valence-electron chi connectivity index (χ3n) is 2.97. The quantitative estimate of drug-likeness (QED) is 0.596. The van der Waals surface area contributed by atoms with Crippen LogP contribution >= 0.6 is 0 Å². The van der Waals surface area contributed by atoms with Gasteiger partial charge in [0, 0.05) is 33.2 Å². The van der Waals surface area contributed by atoms with Crippen LogP contribution < -0.4 is 10.6 Å². The Morgan fingerprint density at radius 2 is 2.26 bits per heavy atom. The van der Waals surface area contributed by atoms with Crippen molar-refractivity contribution in [3.63, 3.8) is 0 Å². The highest BCUT2D eigenvalue weighted by Crippen LogP contribution is 2.09. The number of nitrogens with one attached hydrogen (secondary N) is 2. The molecule has 1 aliphatic rings. The molecule has 2 atom stereocenters. The number of rotatable bonds is 5. The molecular weight excluding hydrogens is 254 g/mol. The Morgan fingerprint density at radius 3 is 2.79 bits per heavy atom. The van der Waals surface area contributed by atoms with E-state index in [0.717, 1.165) is 0 Å². The SMILES string of the molecule is COC(CNC(=O)NC1CCC(=O)N(C)C1)C(=O)O. The standard InChI is InChI=1S/C11H19N3O5/c1-14-6-7(3-4-9(14)15)13-11(18)12-5-8(19-2)10(16)17/h7-8H,3-6H2,1-2H3,(H,16,17)(H2,12,13,18). The molecule has 0 aliphatic carbocycles. The minimum atomic E-state index is -1.13. The van der Waals surface area contributed by atoms with Crippen LogP contribution in [0.2, 0.25) is 0 Å². The van der Waals surface area contributed by atoms with E-state index < -0.39 is 18.1 Å². The van der Waals surface area contributed by atoms with Gasteiger partial charge in [-0.1, -0.05) is 0 Å². The van der Waals surface area contributed by atoms with Crippen molar-refractivity contribution in [2.24, 2.45) is 0 Å². The lowest BCUT2D eigenvalue weighted by Crippen LogP contribution is -2.52. The first-order valence-electron chi connectivity index (χ1n) is 5.98. The van der Waals surface area contributed by atoms with E-state index in [0.29, 0.717) is 19.4 Å². The number of ether oxygens (including phenoxy) is 1. The summed E-state index contributed by atoms with van der Waals surface area (Å²) in [5.74, 6) is -1.07. The topological polar surface area (TPSA) is 108 Å². The maximum Gasteiger partial charge on any atom is 0.334 e. The van der Waals surface area contributed by atoms with E-state index in [1.54, 1.807) is 11.9 Å². The summed E-state index contributed by atoms with van der Waals surface area (Å²) in [4.78, 5) is 35.1. The fraction of sp³-hybridized carbons (Fsp3) is 0.727. The normalized spacial score (nSPS) is 20.8. The Kier molecular flexibility index (Phi) is 5.56. The van der Waals surface area contributed by atoms with Crippen molar-refractivity contribution in [1.82, 2.24) is 15.5 Å². The lowest BCUT2D eigenvalue weighted by molar-refractivity contribution is -0.148. The van der Waals surface area contributed by atoms with Crippen molar-refractivity contribution in [3.05, 3.63) is 0 Å². The van der Waals surface area contributed by atoms with Gasteiger partial charge in [0.15, 0.2) is 6.10 Å². The van der Waals surface area contributed by atoms with Crippen molar-refractivity contribution in [3.8, 4) is 0 Å². The zero-order chi connectivity index (χ0) is 14.4. The van der Waals surface area contributed by atoms with Crippen LogP contribution in [0.4, 0.5) is 4.79 Å². The molecular formula is C11H19N3O5. The Bertz CT molecular complexity index is 360. The van der Waals surface area contributed by atoms with Gasteiger partial charge in [-0.25, -0.2) is 9.59 Å². The number of carbonyl (C=O) groups excluding carboxylic acids is 2. The van der Waals surface area contributed by atoms with Gasteiger partial charge in [0.1, 0.15) is 0 Å². The van der Waals surface area contributed by atoms with Crippen molar-refractivity contribution in [1.29, 1.82) is 0 Å². The minimum absolute atomic E-state index is 0.0591. The fourth-order valence-corrected chi connectivity index (χ4v) is 1.82. The number of carboxylic acids is 1. The number of hydrogen-bond acceptors (Lipinski definition) is 4. The highest BCUT2D eigenvalue weighted by Gasteiger charge is 2.24. The number of carbonyl (C=O) groups is 3. The molecule has 0 bridgehead atoms. The summed E-state index contributed by atoms with van der Waals surface area (Å²) in [6.45, 7) is 0.345. The van der Waals surface area contributed by atoms with E-state index in [-0.39, 0.29) is 18.5 Å². The summed E-state index contributed by atoms with van der Waals surface area (Å²) in [5, 5.41) is 13.9. The number of urea groups is 1. The van der Waals surface area contributed by atoms with Crippen molar-refractivity contribution in [2.45, 2.75) is 25.0 Å². The van der Waals surface area contributed by atoms with Crippen molar-refractivity contribution >= 4 is 17.9 Å². The zero-order valence-corrected chi connectivity index (χ0v) is 11.0. The Morgan fingerprint density at radius 1 is 1.58 bits per heavy atom. The van der Waals surface area contributed by atoms with E-state index in [9.17, 15) is 14.4 Å². The molecule has 1 rings (SSSR count). The van der Waals surface area contributed by atoms with Gasteiger partial charge in [0.25, 0.3) is 0 Å². The molecule has 8 heteroatoms. The first-order valence-corrected chi connectivity index (χ1v) is 5.98. The molecule has 19 heavy (non-hydrogen) atoms. The second-order valence-corrected chi connectivity index (χ2v) is 4.43. The van der Waals surface area contributed by atoms with Crippen LogP contribution in [0.5, 0.6) is 0 Å². The van der Waals surface area contributed by atoms with Gasteiger partial charge in [0.2, 0.25) is 5.91 Å². The van der Waals surface area contributed by atoms with Crippen LogP contribution in [0.25, 0.3) is 0 Å². The van der Waals surface area contributed by atoms with Gasteiger partial charge >= 0.3 is 12.0 Å². The average molecular weight is 273 g/mol. The molecule has 0 saturated carbocycles. The molecule has 1 saturated heterocycles. The summed E-state index contributed by atoms with van der Waals surface area (Å²) in [7, 11) is 2.94. The second kappa shape index (κ2) is 6.93. The van der Waals surface area contributed by atoms with E-state index in [1.807, 2.05) is 0 Å². The summed E-state index contributed by atoms with van der Waals surface area (Å²) in [5.41, 5.74) is 0. The maximum atomic E-state index is 11.6. The Hall–Kier alpha value is -1.83. The number of nitrogens with zero attached hydrogens (tertiary/aromatic N) is 1. The fourth-order valence-electron chi connectivity index (χ4n) is 1.82. The third-order valence-corrected chi connectivity index (χ3v) is 2.97. The van der Waals surface area contributed by atoms with Crippen LogP contribution in [0.1, 0.15) is 12.8 Å². The van der Waals surface area contributed by atoms with Crippen LogP contribution in [0.15, 0.2) is 0 Å². The predicted octanol–water partition coefficient (Wildman–Crippen LogP) is -0.994. The summed E-state index contributed by atoms with van der Waals surface area (Å²) >= 11 is 0. The minimum Gasteiger partial charge on any atom is -0.479 e. The van der Waals surface area contributed by atoms with E-state index in [1.165, 1.54) is 7.11 Å². The number of hydrogen-bond donors (Lipinski definition) is 3. The molecule has 1 aliphatic heterocycles. The zero-order valence-electron chi connectivity index (χ0n) is 11.0. The lowest BCUT2D eigenvalue weighted by Gasteiger charge is -2.30. The van der Waals surface area contributed by atoms with Crippen LogP contribution in [0, 0.1) is 0 Å². The lowest BCUT2D eigenvalue weighted by atomic mass is 10.1. The molecule has 108 valence electrons. The largest absolute Gasteiger partial charge is 0.479 e. The first kappa shape index (κ1) is 15.2. The molecule has 0 spiro atoms. The Balaban J connectivity index is 2.31. The summed E-state index contributed by atoms with van der Waals surface area (Å²) in [6, 6.07) is -0.579. The third kappa shape index (κ3) is 4.74. The van der Waals surface area contributed by atoms with Crippen LogP contribution in [0.3, 0.4) is 0 Å². The van der Waals surface area contributed by atoms with Crippen LogP contribution in [-0.2, 0) is 14.3 Å². The number of amides is 3. The number of methoxy groups -OCH3 is 1. The van der Waals surface area contributed by atoms with E-state index in [2.05, 4.69) is 15.4 Å². The first-order chi connectivity index (χ1) is 8.93. The average Bonchev–Trinajstić information content (AvgIpc) is 2.34. The number of likely N-dealkylation sites (tertiary alicyclic amines) is 1. The molecule has 3 N–H and O–H groups in total. The molecule has 0 aromatic carbocycles. The molecule has 1 fully saturated rings. The number of carboxylic acid groups (broad SMARTS) is 1. The Labute approximate surface area is 111 Å². The molecule has 2 unspecified atom stereocenters. The van der Waals surface area contributed by atoms with E-state index in [4.69, 9.17) is 5.11 Å². The molecule has 0 aromatic rings. The highest BCUT2D eigenvalue weighted by molar-refractivity contribution is 5.79. The number of piperidine rings is 1. The van der Waals surface area contributed by atoms with Crippen LogP contribution in [-0.4, -0.2) is 67.3 Å². The smallest absolute Gasteiger partial charge is 0.334 e. The molecule has 0 aromatic heterocycles. The number of aliphatic carboxylic acids is 1. The summed E-state index contributed by atoms with van der Waals surface area (Å²) < 4.78 is 4.69.